The molecule has 2 aliphatic heterocycles. The second-order valence-corrected chi connectivity index (χ2v) is 8.92. The normalized spacial score (nSPS) is 17.4. The Kier molecular flexibility index (Phi) is 5.03. The summed E-state index contributed by atoms with van der Waals surface area (Å²) in [6.45, 7) is 8.31. The van der Waals surface area contributed by atoms with Crippen molar-refractivity contribution in [3.05, 3.63) is 59.2 Å². The molecule has 30 heavy (non-hydrogen) atoms. The van der Waals surface area contributed by atoms with Crippen LogP contribution >= 0.6 is 11.8 Å². The van der Waals surface area contributed by atoms with E-state index in [0.29, 0.717) is 6.79 Å². The first-order chi connectivity index (χ1) is 14.6. The summed E-state index contributed by atoms with van der Waals surface area (Å²) in [5.41, 5.74) is 4.71. The summed E-state index contributed by atoms with van der Waals surface area (Å²) in [6, 6.07) is 15.2. The van der Waals surface area contributed by atoms with Crippen molar-refractivity contribution in [1.29, 1.82) is 0 Å². The van der Waals surface area contributed by atoms with Crippen molar-refractivity contribution in [2.45, 2.75) is 51.3 Å². The van der Waals surface area contributed by atoms with Crippen LogP contribution in [0.15, 0.2) is 52.5 Å². The zero-order valence-corrected chi connectivity index (χ0v) is 18.3. The number of thioether (sulfide) groups is 1. The molecule has 0 bridgehead atoms. The van der Waals surface area contributed by atoms with E-state index in [0.717, 1.165) is 46.7 Å². The highest BCUT2D eigenvalue weighted by Crippen LogP contribution is 2.36. The van der Waals surface area contributed by atoms with E-state index >= 15 is 0 Å². The molecular weight excluding hydrogens is 394 g/mol. The molecule has 1 aromatic heterocycles. The lowest BCUT2D eigenvalue weighted by Crippen LogP contribution is -2.32. The maximum absolute atomic E-state index is 5.56. The smallest absolute Gasteiger partial charge is 0.231 e. The van der Waals surface area contributed by atoms with Gasteiger partial charge in [0.15, 0.2) is 16.7 Å². The maximum Gasteiger partial charge on any atom is 0.231 e. The molecule has 0 aliphatic carbocycles. The van der Waals surface area contributed by atoms with Gasteiger partial charge in [0, 0.05) is 30.1 Å². The van der Waals surface area contributed by atoms with Crippen LogP contribution in [0.5, 0.6) is 11.5 Å². The van der Waals surface area contributed by atoms with Gasteiger partial charge in [-0.3, -0.25) is 4.99 Å². The number of ether oxygens (including phenoxy) is 2. The summed E-state index contributed by atoms with van der Waals surface area (Å²) in [5, 5.41) is 3.29. The van der Waals surface area contributed by atoms with Gasteiger partial charge >= 0.3 is 0 Å². The number of amidine groups is 1. The van der Waals surface area contributed by atoms with Crippen LogP contribution in [-0.2, 0) is 13.1 Å². The predicted molar refractivity (Wildman–Crippen MR) is 121 cm³/mol. The van der Waals surface area contributed by atoms with Crippen molar-refractivity contribution in [3.63, 3.8) is 0 Å². The Morgan fingerprint density at radius 2 is 2.00 bits per heavy atom. The molecule has 1 atom stereocenters. The zero-order chi connectivity index (χ0) is 20.7. The molecule has 3 heterocycles. The number of aryl methyl sites for hydroxylation is 1. The van der Waals surface area contributed by atoms with Gasteiger partial charge in [-0.05, 0) is 67.4 Å². The molecule has 0 amide bonds. The third kappa shape index (κ3) is 3.72. The highest BCUT2D eigenvalue weighted by Gasteiger charge is 2.25. The van der Waals surface area contributed by atoms with Crippen molar-refractivity contribution in [2.75, 3.05) is 6.79 Å². The lowest BCUT2D eigenvalue weighted by molar-refractivity contribution is 0.174. The van der Waals surface area contributed by atoms with E-state index in [1.54, 1.807) is 11.8 Å². The Hall–Kier alpha value is -2.73. The minimum absolute atomic E-state index is 0.274. The van der Waals surface area contributed by atoms with Crippen molar-refractivity contribution in [1.82, 2.24) is 9.88 Å². The SMILES string of the molecule is CC[C@H](C)N=C1Sc2nc3cc(C)ccc3cc2CN1Cc1ccc2c(c1)OCO2. The highest BCUT2D eigenvalue weighted by atomic mass is 32.2. The van der Waals surface area contributed by atoms with E-state index < -0.39 is 0 Å². The quantitative estimate of drug-likeness (QED) is 0.556. The molecule has 5 rings (SSSR count). The Labute approximate surface area is 181 Å². The number of hydrogen-bond acceptors (Lipinski definition) is 5. The van der Waals surface area contributed by atoms with Crippen LogP contribution in [-0.4, -0.2) is 27.9 Å². The van der Waals surface area contributed by atoms with Crippen LogP contribution in [0.4, 0.5) is 0 Å². The Bertz CT molecular complexity index is 1140. The fraction of sp³-hybridized carbons (Fsp3) is 0.333. The minimum Gasteiger partial charge on any atom is -0.454 e. The summed E-state index contributed by atoms with van der Waals surface area (Å²) in [7, 11) is 0. The summed E-state index contributed by atoms with van der Waals surface area (Å²) in [4.78, 5) is 12.3. The number of hydrogen-bond donors (Lipinski definition) is 0. The van der Waals surface area contributed by atoms with E-state index in [9.17, 15) is 0 Å². The van der Waals surface area contributed by atoms with E-state index in [1.807, 2.05) is 6.07 Å². The van der Waals surface area contributed by atoms with Gasteiger partial charge in [0.1, 0.15) is 5.03 Å². The number of rotatable bonds is 4. The maximum atomic E-state index is 5.56. The molecule has 2 aliphatic rings. The van der Waals surface area contributed by atoms with Crippen LogP contribution in [0, 0.1) is 6.92 Å². The van der Waals surface area contributed by atoms with E-state index in [4.69, 9.17) is 19.5 Å². The summed E-state index contributed by atoms with van der Waals surface area (Å²) >= 11 is 1.68. The Morgan fingerprint density at radius 1 is 1.13 bits per heavy atom. The lowest BCUT2D eigenvalue weighted by Gasteiger charge is -2.31. The largest absolute Gasteiger partial charge is 0.454 e. The second-order valence-electron chi connectivity index (χ2n) is 7.96. The van der Waals surface area contributed by atoms with Crippen LogP contribution < -0.4 is 9.47 Å². The molecule has 5 nitrogen and oxygen atoms in total. The highest BCUT2D eigenvalue weighted by molar-refractivity contribution is 8.13. The fourth-order valence-electron chi connectivity index (χ4n) is 3.70. The first-order valence-corrected chi connectivity index (χ1v) is 11.2. The number of fused-ring (bicyclic) bond motifs is 3. The molecule has 0 radical (unpaired) electrons. The number of aliphatic imine (C=N–C) groups is 1. The van der Waals surface area contributed by atoms with Gasteiger partial charge in [0.05, 0.1) is 5.52 Å². The van der Waals surface area contributed by atoms with Gasteiger partial charge in [0.2, 0.25) is 6.79 Å². The topological polar surface area (TPSA) is 47.0 Å². The standard InChI is InChI=1S/C24H25N3O2S/c1-4-16(3)25-24-27(12-17-6-8-21-22(10-17)29-14-28-21)13-19-11-18-7-5-15(2)9-20(18)26-23(19)30-24/h5-11,16H,4,12-14H2,1-3H3/t16-/m0/s1. The monoisotopic (exact) mass is 419 g/mol. The molecular formula is C24H25N3O2S. The summed E-state index contributed by atoms with van der Waals surface area (Å²) in [6.07, 6.45) is 1.01. The first-order valence-electron chi connectivity index (χ1n) is 10.4. The molecule has 3 aromatic rings. The first kappa shape index (κ1) is 19.2. The average Bonchev–Trinajstić information content (AvgIpc) is 3.20. The number of pyridine rings is 1. The van der Waals surface area contributed by atoms with Crippen LogP contribution in [0.2, 0.25) is 0 Å². The van der Waals surface area contributed by atoms with Gasteiger partial charge in [-0.1, -0.05) is 25.1 Å². The molecule has 2 aromatic carbocycles. The van der Waals surface area contributed by atoms with Crippen molar-refractivity contribution in [2.24, 2.45) is 4.99 Å². The van der Waals surface area contributed by atoms with Crippen molar-refractivity contribution < 1.29 is 9.47 Å². The van der Waals surface area contributed by atoms with E-state index in [-0.39, 0.29) is 6.04 Å². The van der Waals surface area contributed by atoms with Crippen LogP contribution in [0.1, 0.15) is 37.0 Å². The lowest BCUT2D eigenvalue weighted by atomic mass is 10.1. The Morgan fingerprint density at radius 3 is 2.87 bits per heavy atom. The fourth-order valence-corrected chi connectivity index (χ4v) is 4.76. The third-order valence-corrected chi connectivity index (χ3v) is 6.66. The van der Waals surface area contributed by atoms with Crippen LogP contribution in [0.3, 0.4) is 0 Å². The minimum atomic E-state index is 0.274. The number of nitrogens with zero attached hydrogens (tertiary/aromatic N) is 3. The summed E-state index contributed by atoms with van der Waals surface area (Å²) < 4.78 is 11.0. The van der Waals surface area contributed by atoms with Gasteiger partial charge in [-0.25, -0.2) is 4.98 Å². The summed E-state index contributed by atoms with van der Waals surface area (Å²) in [5.74, 6) is 1.64. The van der Waals surface area contributed by atoms with Gasteiger partial charge in [0.25, 0.3) is 0 Å². The molecule has 0 spiro atoms. The molecule has 0 saturated heterocycles. The molecule has 0 N–H and O–H groups in total. The predicted octanol–water partition coefficient (Wildman–Crippen LogP) is 5.53. The third-order valence-electron chi connectivity index (χ3n) is 5.56. The van der Waals surface area contributed by atoms with Crippen LogP contribution in [0.25, 0.3) is 10.9 Å². The zero-order valence-electron chi connectivity index (χ0n) is 17.5. The van der Waals surface area contributed by atoms with E-state index in [1.165, 1.54) is 22.1 Å². The van der Waals surface area contributed by atoms with Crippen molar-refractivity contribution >= 4 is 27.8 Å². The van der Waals surface area contributed by atoms with Gasteiger partial charge in [-0.15, -0.1) is 0 Å². The van der Waals surface area contributed by atoms with E-state index in [2.05, 4.69) is 62.1 Å². The number of benzene rings is 2. The van der Waals surface area contributed by atoms with Gasteiger partial charge < -0.3 is 14.4 Å². The second kappa shape index (κ2) is 7.84. The Balaban J connectivity index is 1.50. The molecule has 0 fully saturated rings. The molecule has 154 valence electrons. The average molecular weight is 420 g/mol. The number of aromatic nitrogens is 1. The molecule has 6 heteroatoms. The van der Waals surface area contributed by atoms with Crippen molar-refractivity contribution in [3.8, 4) is 11.5 Å². The molecule has 0 unspecified atom stereocenters. The van der Waals surface area contributed by atoms with Gasteiger partial charge in [-0.2, -0.15) is 0 Å². The molecule has 0 saturated carbocycles.